The fourth-order valence-electron chi connectivity index (χ4n) is 5.12. The number of H-pyrrole nitrogens is 1. The molecule has 0 bridgehead atoms. The molecule has 2 aromatic carbocycles. The highest BCUT2D eigenvalue weighted by Gasteiger charge is 2.31. The number of likely N-dealkylation sites (tertiary alicyclic amines) is 1. The van der Waals surface area contributed by atoms with Gasteiger partial charge >= 0.3 is 5.69 Å². The molecule has 5 N–H and O–H groups in total. The van der Waals surface area contributed by atoms with E-state index in [4.69, 9.17) is 21.2 Å². The van der Waals surface area contributed by atoms with E-state index in [1.807, 2.05) is 47.0 Å². The molecule has 1 aromatic heterocycles. The number of benzene rings is 2. The van der Waals surface area contributed by atoms with Crippen LogP contribution in [0.15, 0.2) is 52.4 Å². The Kier molecular flexibility index (Phi) is 6.16. The average molecular weight is 468 g/mol. The largest absolute Gasteiger partial charge is 0.486 e. The summed E-state index contributed by atoms with van der Waals surface area (Å²) in [6.45, 7) is 4.76. The number of nitrogens with one attached hydrogen (secondary N) is 1. The van der Waals surface area contributed by atoms with E-state index in [1.165, 1.54) is 5.01 Å². The van der Waals surface area contributed by atoms with Crippen molar-refractivity contribution in [3.8, 4) is 11.5 Å². The summed E-state index contributed by atoms with van der Waals surface area (Å²) in [6, 6.07) is 13.5. The molecule has 0 spiro atoms. The number of imidazole rings is 1. The second-order valence-corrected chi connectivity index (χ2v) is 8.69. The molecule has 0 aliphatic carbocycles. The van der Waals surface area contributed by atoms with E-state index in [-0.39, 0.29) is 19.2 Å². The van der Waals surface area contributed by atoms with Gasteiger partial charge in [0.1, 0.15) is 13.2 Å². The van der Waals surface area contributed by atoms with Gasteiger partial charge in [-0.1, -0.05) is 19.1 Å². The zero-order valence-corrected chi connectivity index (χ0v) is 19.3. The van der Waals surface area contributed by atoms with Crippen molar-refractivity contribution < 1.29 is 10.9 Å². The first-order chi connectivity index (χ1) is 16.6. The van der Waals surface area contributed by atoms with Gasteiger partial charge in [0.25, 0.3) is 0 Å². The molecule has 0 amide bonds. The Hall–Kier alpha value is -3.50. The second kappa shape index (κ2) is 9.40. The van der Waals surface area contributed by atoms with Crippen LogP contribution < -0.4 is 31.9 Å². The maximum atomic E-state index is 12.6. The summed E-state index contributed by atoms with van der Waals surface area (Å²) < 4.78 is 13.2. The van der Waals surface area contributed by atoms with E-state index in [9.17, 15) is 4.79 Å². The van der Waals surface area contributed by atoms with Gasteiger partial charge in [0, 0.05) is 26.6 Å². The van der Waals surface area contributed by atoms with Crippen molar-refractivity contribution in [3.05, 3.63) is 52.9 Å². The lowest BCUT2D eigenvalue weighted by molar-refractivity contribution is 0.161. The van der Waals surface area contributed by atoms with Crippen LogP contribution >= 0.6 is 0 Å². The molecule has 1 atom stereocenters. The van der Waals surface area contributed by atoms with Crippen LogP contribution in [0.3, 0.4) is 0 Å². The topological polar surface area (TPSA) is 127 Å². The lowest BCUT2D eigenvalue weighted by Gasteiger charge is -2.39. The molecule has 34 heavy (non-hydrogen) atoms. The zero-order chi connectivity index (χ0) is 23.7. The van der Waals surface area contributed by atoms with Crippen LogP contribution in [0.5, 0.6) is 11.5 Å². The highest BCUT2D eigenvalue weighted by molar-refractivity contribution is 6.00. The molecule has 1 unspecified atom stereocenters. The molecular weight excluding hydrogens is 434 g/mol. The zero-order valence-electron chi connectivity index (χ0n) is 19.3. The van der Waals surface area contributed by atoms with Gasteiger partial charge in [0.2, 0.25) is 0 Å². The molecule has 2 aliphatic rings. The molecule has 2 aliphatic heterocycles. The number of hydrogen-bond donors (Lipinski definition) is 3. The van der Waals surface area contributed by atoms with Crippen LogP contribution in [-0.4, -0.2) is 52.6 Å². The number of piperidine rings is 1. The number of hydrogen-bond acceptors (Lipinski definition) is 7. The number of rotatable bonds is 5. The quantitative estimate of drug-likeness (QED) is 0.228. The second-order valence-electron chi connectivity index (χ2n) is 8.69. The van der Waals surface area contributed by atoms with Crippen LogP contribution in [0.25, 0.3) is 11.0 Å². The van der Waals surface area contributed by atoms with Crippen molar-refractivity contribution in [2.45, 2.75) is 38.3 Å². The molecule has 10 nitrogen and oxygen atoms in total. The summed E-state index contributed by atoms with van der Waals surface area (Å²) in [6.07, 6.45) is 2.50. The molecule has 0 radical (unpaired) electrons. The van der Waals surface area contributed by atoms with Crippen LogP contribution in [-0.2, 0) is 0 Å². The number of para-hydroxylation sites is 2. The molecule has 3 heterocycles. The minimum atomic E-state index is -0.0531. The molecule has 10 heteroatoms. The summed E-state index contributed by atoms with van der Waals surface area (Å²) in [7, 11) is 0. The van der Waals surface area contributed by atoms with E-state index in [0.29, 0.717) is 30.5 Å². The first kappa shape index (κ1) is 22.3. The van der Waals surface area contributed by atoms with Gasteiger partial charge in [-0.3, -0.25) is 14.5 Å². The Morgan fingerprint density at radius 2 is 1.94 bits per heavy atom. The highest BCUT2D eigenvalue weighted by atomic mass is 16.6. The number of fused-ring (bicyclic) bond motifs is 2. The summed E-state index contributed by atoms with van der Waals surface area (Å²) in [5.74, 6) is 14.3. The number of anilines is 1. The van der Waals surface area contributed by atoms with Crippen molar-refractivity contribution in [2.24, 2.45) is 16.8 Å². The number of hydrazone groups is 1. The first-order valence-corrected chi connectivity index (χ1v) is 11.8. The summed E-state index contributed by atoms with van der Waals surface area (Å²) in [5.41, 5.74) is 2.50. The van der Waals surface area contributed by atoms with Crippen LogP contribution in [0.4, 0.5) is 5.69 Å². The number of aromatic nitrogens is 2. The Morgan fingerprint density at radius 1 is 1.21 bits per heavy atom. The lowest BCUT2D eigenvalue weighted by atomic mass is 10.0. The van der Waals surface area contributed by atoms with Gasteiger partial charge < -0.3 is 20.3 Å². The van der Waals surface area contributed by atoms with Gasteiger partial charge in [0.05, 0.1) is 22.8 Å². The van der Waals surface area contributed by atoms with Gasteiger partial charge in [-0.15, -0.1) is 0 Å². The van der Waals surface area contributed by atoms with E-state index in [2.05, 4.69) is 21.9 Å². The smallest absolute Gasteiger partial charge is 0.326 e. The van der Waals surface area contributed by atoms with Crippen LogP contribution in [0, 0.1) is 0 Å². The minimum absolute atomic E-state index is 0. The number of nitrogens with two attached hydrogens (primary N) is 2. The number of aromatic amines is 1. The van der Waals surface area contributed by atoms with Gasteiger partial charge in [-0.2, -0.15) is 5.10 Å². The third-order valence-corrected chi connectivity index (χ3v) is 6.80. The molecular formula is C24H33N7O3. The SMILES string of the molecule is CCC(/C(=N/N)N(N)c1ccc2c(c1)OCCO2)N1CCC(n2c(=O)[nH]c3ccccc32)CC1.[HH]. The molecule has 3 aromatic rings. The number of ether oxygens (including phenoxy) is 2. The summed E-state index contributed by atoms with van der Waals surface area (Å²) >= 11 is 0. The molecule has 1 fully saturated rings. The van der Waals surface area contributed by atoms with E-state index in [1.54, 1.807) is 0 Å². The Morgan fingerprint density at radius 3 is 2.68 bits per heavy atom. The average Bonchev–Trinajstić information content (AvgIpc) is 3.22. The molecule has 182 valence electrons. The predicted octanol–water partition coefficient (Wildman–Crippen LogP) is 2.41. The Labute approximate surface area is 199 Å². The van der Waals surface area contributed by atoms with Crippen molar-refractivity contribution in [1.82, 2.24) is 14.5 Å². The fourth-order valence-corrected chi connectivity index (χ4v) is 5.12. The predicted molar refractivity (Wildman–Crippen MR) is 134 cm³/mol. The third-order valence-electron chi connectivity index (χ3n) is 6.80. The van der Waals surface area contributed by atoms with Crippen LogP contribution in [0.1, 0.15) is 33.7 Å². The van der Waals surface area contributed by atoms with Gasteiger partial charge in [-0.25, -0.2) is 10.6 Å². The maximum Gasteiger partial charge on any atom is 0.326 e. The minimum Gasteiger partial charge on any atom is -0.486 e. The van der Waals surface area contributed by atoms with E-state index < -0.39 is 0 Å². The summed E-state index contributed by atoms with van der Waals surface area (Å²) in [4.78, 5) is 17.9. The van der Waals surface area contributed by atoms with E-state index in [0.717, 1.165) is 49.1 Å². The highest BCUT2D eigenvalue weighted by Crippen LogP contribution is 2.34. The van der Waals surface area contributed by atoms with Crippen molar-refractivity contribution in [3.63, 3.8) is 0 Å². The number of nitrogens with zero attached hydrogens (tertiary/aromatic N) is 4. The fraction of sp³-hybridized carbons (Fsp3) is 0.417. The monoisotopic (exact) mass is 467 g/mol. The van der Waals surface area contributed by atoms with Crippen LogP contribution in [0.2, 0.25) is 0 Å². The normalized spacial score (nSPS) is 18.2. The first-order valence-electron chi connectivity index (χ1n) is 11.8. The summed E-state index contributed by atoms with van der Waals surface area (Å²) in [5, 5.41) is 5.62. The molecule has 0 saturated carbocycles. The Bertz CT molecular complexity index is 1250. The van der Waals surface area contributed by atoms with Crippen molar-refractivity contribution in [2.75, 3.05) is 31.3 Å². The number of hydrazine groups is 1. The molecule has 1 saturated heterocycles. The third kappa shape index (κ3) is 3.99. The van der Waals surface area contributed by atoms with Crippen molar-refractivity contribution >= 4 is 22.6 Å². The van der Waals surface area contributed by atoms with Gasteiger partial charge in [-0.05, 0) is 43.5 Å². The standard InChI is InChI=1S/C24H31N7O3.H2/c1-2-19(23(28-25)31(26)17-7-8-21-22(15-17)34-14-13-33-21)29-11-9-16(10-12-29)30-20-6-4-3-5-18(20)27-24(30)32;/h3-8,15-16,19H,2,9-14,25-26H2,1H3,(H,27,32);1H/b28-23-;. The van der Waals surface area contributed by atoms with Gasteiger partial charge in [0.15, 0.2) is 17.3 Å². The maximum absolute atomic E-state index is 12.6. The van der Waals surface area contributed by atoms with E-state index >= 15 is 0 Å². The number of amidine groups is 1. The Balaban J connectivity index is 0.00000289. The lowest BCUT2D eigenvalue weighted by Crippen LogP contribution is -2.54. The molecule has 5 rings (SSSR count). The van der Waals surface area contributed by atoms with Crippen molar-refractivity contribution in [1.29, 1.82) is 0 Å².